The van der Waals surface area contributed by atoms with Crippen molar-refractivity contribution in [2.75, 3.05) is 24.6 Å². The van der Waals surface area contributed by atoms with E-state index in [0.717, 1.165) is 12.2 Å². The van der Waals surface area contributed by atoms with Gasteiger partial charge in [-0.1, -0.05) is 11.6 Å². The number of hydrogen-bond acceptors (Lipinski definition) is 3. The molecule has 0 bridgehead atoms. The van der Waals surface area contributed by atoms with Crippen LogP contribution in [0.3, 0.4) is 0 Å². The highest BCUT2D eigenvalue weighted by Crippen LogP contribution is 2.24. The minimum atomic E-state index is 0.0607. The Balaban J connectivity index is 3.09. The third-order valence-electron chi connectivity index (χ3n) is 2.17. The molecular weight excluding hydrogens is 212 g/mol. The zero-order valence-electron chi connectivity index (χ0n) is 8.57. The van der Waals surface area contributed by atoms with E-state index >= 15 is 0 Å². The van der Waals surface area contributed by atoms with Gasteiger partial charge in [-0.3, -0.25) is 0 Å². The molecule has 15 heavy (non-hydrogen) atoms. The number of likely N-dealkylation sites (N-methyl/N-ethyl adjacent to an activating group) is 1. The van der Waals surface area contributed by atoms with Crippen molar-refractivity contribution in [2.45, 2.75) is 6.92 Å². The lowest BCUT2D eigenvalue weighted by Gasteiger charge is -2.23. The topological polar surface area (TPSA) is 47.3 Å². The Kier molecular flexibility index (Phi) is 4.41. The van der Waals surface area contributed by atoms with Crippen molar-refractivity contribution in [1.29, 1.82) is 5.26 Å². The standard InChI is InChI=1S/C11H13ClN2O/c1-2-14(5-6-15)11-7-10(12)4-3-9(11)8-13/h3-4,7,15H,2,5-6H2,1H3. The maximum atomic E-state index is 8.94. The van der Waals surface area contributed by atoms with Crippen LogP contribution in [-0.2, 0) is 0 Å². The molecule has 4 heteroatoms. The Morgan fingerprint density at radius 1 is 1.53 bits per heavy atom. The van der Waals surface area contributed by atoms with E-state index in [4.69, 9.17) is 22.0 Å². The molecule has 0 amide bonds. The Morgan fingerprint density at radius 3 is 2.80 bits per heavy atom. The largest absolute Gasteiger partial charge is 0.395 e. The van der Waals surface area contributed by atoms with Gasteiger partial charge in [-0.25, -0.2) is 0 Å². The summed E-state index contributed by atoms with van der Waals surface area (Å²) in [4.78, 5) is 1.92. The smallest absolute Gasteiger partial charge is 0.101 e. The molecule has 0 unspecified atom stereocenters. The molecule has 80 valence electrons. The van der Waals surface area contributed by atoms with Crippen LogP contribution in [0.2, 0.25) is 5.02 Å². The quantitative estimate of drug-likeness (QED) is 0.852. The second kappa shape index (κ2) is 5.59. The molecule has 0 aliphatic rings. The molecule has 0 radical (unpaired) electrons. The zero-order valence-corrected chi connectivity index (χ0v) is 9.33. The summed E-state index contributed by atoms with van der Waals surface area (Å²) in [5.74, 6) is 0. The normalized spacial score (nSPS) is 9.73. The number of aliphatic hydroxyl groups excluding tert-OH is 1. The predicted octanol–water partition coefficient (Wildman–Crippen LogP) is 2.03. The van der Waals surface area contributed by atoms with Gasteiger partial charge >= 0.3 is 0 Å². The highest BCUT2D eigenvalue weighted by Gasteiger charge is 2.09. The molecule has 0 spiro atoms. The Hall–Kier alpha value is -1.24. The van der Waals surface area contributed by atoms with Gasteiger partial charge in [0.05, 0.1) is 17.9 Å². The van der Waals surface area contributed by atoms with Gasteiger partial charge in [0.15, 0.2) is 0 Å². The van der Waals surface area contributed by atoms with Gasteiger partial charge in [0.1, 0.15) is 6.07 Å². The van der Waals surface area contributed by atoms with Crippen molar-refractivity contribution < 1.29 is 5.11 Å². The summed E-state index contributed by atoms with van der Waals surface area (Å²) in [6.45, 7) is 3.27. The summed E-state index contributed by atoms with van der Waals surface area (Å²) in [5, 5.41) is 18.4. The molecule has 0 aliphatic heterocycles. The van der Waals surface area contributed by atoms with Gasteiger partial charge in [0.25, 0.3) is 0 Å². The second-order valence-electron chi connectivity index (χ2n) is 3.08. The molecule has 1 N–H and O–H groups in total. The van der Waals surface area contributed by atoms with E-state index in [2.05, 4.69) is 6.07 Å². The van der Waals surface area contributed by atoms with Crippen molar-refractivity contribution in [1.82, 2.24) is 0 Å². The molecule has 0 aromatic heterocycles. The first-order valence-electron chi connectivity index (χ1n) is 4.78. The summed E-state index contributed by atoms with van der Waals surface area (Å²) in [6.07, 6.45) is 0. The number of rotatable bonds is 4. The summed E-state index contributed by atoms with van der Waals surface area (Å²) in [6, 6.07) is 7.25. The number of hydrogen-bond donors (Lipinski definition) is 1. The second-order valence-corrected chi connectivity index (χ2v) is 3.51. The molecule has 1 rings (SSSR count). The summed E-state index contributed by atoms with van der Waals surface area (Å²) >= 11 is 5.88. The number of benzene rings is 1. The van der Waals surface area contributed by atoms with Crippen LogP contribution in [0, 0.1) is 11.3 Å². The lowest BCUT2D eigenvalue weighted by atomic mass is 10.1. The lowest BCUT2D eigenvalue weighted by molar-refractivity contribution is 0.302. The van der Waals surface area contributed by atoms with Crippen LogP contribution >= 0.6 is 11.6 Å². The first-order valence-corrected chi connectivity index (χ1v) is 5.16. The molecule has 1 aromatic rings. The van der Waals surface area contributed by atoms with Crippen molar-refractivity contribution in [2.24, 2.45) is 0 Å². The van der Waals surface area contributed by atoms with Gasteiger partial charge in [0, 0.05) is 18.1 Å². The number of halogens is 1. The number of aliphatic hydroxyl groups is 1. The molecule has 1 aromatic carbocycles. The van der Waals surface area contributed by atoms with Gasteiger partial charge < -0.3 is 10.0 Å². The lowest BCUT2D eigenvalue weighted by Crippen LogP contribution is -2.26. The van der Waals surface area contributed by atoms with Crippen LogP contribution in [0.4, 0.5) is 5.69 Å². The van der Waals surface area contributed by atoms with Crippen molar-refractivity contribution >= 4 is 17.3 Å². The minimum Gasteiger partial charge on any atom is -0.395 e. The van der Waals surface area contributed by atoms with E-state index in [1.807, 2.05) is 11.8 Å². The first kappa shape index (κ1) is 11.8. The van der Waals surface area contributed by atoms with Gasteiger partial charge in [-0.05, 0) is 25.1 Å². The van der Waals surface area contributed by atoms with E-state index in [1.54, 1.807) is 18.2 Å². The molecular formula is C11H13ClN2O. The fourth-order valence-corrected chi connectivity index (χ4v) is 1.60. The van der Waals surface area contributed by atoms with E-state index in [0.29, 0.717) is 17.1 Å². The average Bonchev–Trinajstić information content (AvgIpc) is 2.26. The Bertz CT molecular complexity index is 373. The van der Waals surface area contributed by atoms with Crippen LogP contribution in [0.15, 0.2) is 18.2 Å². The molecule has 0 aliphatic carbocycles. The fourth-order valence-electron chi connectivity index (χ4n) is 1.43. The highest BCUT2D eigenvalue weighted by molar-refractivity contribution is 6.30. The van der Waals surface area contributed by atoms with Crippen molar-refractivity contribution in [3.05, 3.63) is 28.8 Å². The van der Waals surface area contributed by atoms with Gasteiger partial charge in [-0.2, -0.15) is 5.26 Å². The summed E-state index contributed by atoms with van der Waals surface area (Å²) in [7, 11) is 0. The minimum absolute atomic E-state index is 0.0607. The monoisotopic (exact) mass is 224 g/mol. The zero-order chi connectivity index (χ0) is 11.3. The first-order chi connectivity index (χ1) is 7.22. The van der Waals surface area contributed by atoms with E-state index in [-0.39, 0.29) is 6.61 Å². The molecule has 0 atom stereocenters. The number of nitrogens with zero attached hydrogens (tertiary/aromatic N) is 2. The third-order valence-corrected chi connectivity index (χ3v) is 2.41. The molecule has 0 heterocycles. The van der Waals surface area contributed by atoms with Crippen LogP contribution in [-0.4, -0.2) is 24.8 Å². The van der Waals surface area contributed by atoms with Gasteiger partial charge in [-0.15, -0.1) is 0 Å². The van der Waals surface area contributed by atoms with Crippen LogP contribution in [0.1, 0.15) is 12.5 Å². The molecule has 3 nitrogen and oxygen atoms in total. The molecule has 0 fully saturated rings. The predicted molar refractivity (Wildman–Crippen MR) is 61.1 cm³/mol. The molecule has 0 saturated heterocycles. The van der Waals surface area contributed by atoms with Crippen LogP contribution in [0.5, 0.6) is 0 Å². The van der Waals surface area contributed by atoms with E-state index in [1.165, 1.54) is 0 Å². The SMILES string of the molecule is CCN(CCO)c1cc(Cl)ccc1C#N. The van der Waals surface area contributed by atoms with Crippen LogP contribution in [0.25, 0.3) is 0 Å². The maximum absolute atomic E-state index is 8.94. The van der Waals surface area contributed by atoms with Crippen molar-refractivity contribution in [3.8, 4) is 6.07 Å². The van der Waals surface area contributed by atoms with Crippen LogP contribution < -0.4 is 4.90 Å². The summed E-state index contributed by atoms with van der Waals surface area (Å²) in [5.41, 5.74) is 1.36. The number of nitriles is 1. The van der Waals surface area contributed by atoms with E-state index in [9.17, 15) is 0 Å². The average molecular weight is 225 g/mol. The third kappa shape index (κ3) is 2.85. The van der Waals surface area contributed by atoms with Crippen molar-refractivity contribution in [3.63, 3.8) is 0 Å². The van der Waals surface area contributed by atoms with E-state index < -0.39 is 0 Å². The highest BCUT2D eigenvalue weighted by atomic mass is 35.5. The van der Waals surface area contributed by atoms with Gasteiger partial charge in [0.2, 0.25) is 0 Å². The molecule has 0 saturated carbocycles. The Labute approximate surface area is 94.5 Å². The summed E-state index contributed by atoms with van der Waals surface area (Å²) < 4.78 is 0. The number of anilines is 1. The Morgan fingerprint density at radius 2 is 2.27 bits per heavy atom. The maximum Gasteiger partial charge on any atom is 0.101 e. The fraction of sp³-hybridized carbons (Fsp3) is 0.364.